The molecule has 0 aliphatic carbocycles. The Morgan fingerprint density at radius 3 is 2.47 bits per heavy atom. The maximum Gasteiger partial charge on any atom is 0.181 e. The minimum atomic E-state index is -3.61. The molecule has 7 heteroatoms. The average molecular weight is 450 g/mol. The van der Waals surface area contributed by atoms with Crippen LogP contribution in [-0.4, -0.2) is 48.6 Å². The predicted molar refractivity (Wildman–Crippen MR) is 124 cm³/mol. The van der Waals surface area contributed by atoms with Gasteiger partial charge in [0.1, 0.15) is 6.04 Å². The van der Waals surface area contributed by atoms with Gasteiger partial charge in [-0.1, -0.05) is 36.4 Å². The number of ketones is 1. The van der Waals surface area contributed by atoms with Crippen LogP contribution in [0.1, 0.15) is 29.8 Å². The minimum absolute atomic E-state index is 0.0375. The van der Waals surface area contributed by atoms with E-state index in [9.17, 15) is 18.5 Å². The van der Waals surface area contributed by atoms with Gasteiger partial charge in [0.2, 0.25) is 0 Å². The Morgan fingerprint density at radius 1 is 1.09 bits per heavy atom. The number of hydrogen-bond acceptors (Lipinski definition) is 5. The second-order valence-corrected chi connectivity index (χ2v) is 10.7. The summed E-state index contributed by atoms with van der Waals surface area (Å²) >= 11 is 0. The molecule has 1 aromatic heterocycles. The highest BCUT2D eigenvalue weighted by Gasteiger charge is 2.43. The summed E-state index contributed by atoms with van der Waals surface area (Å²) in [6.07, 6.45) is 0.986. The van der Waals surface area contributed by atoms with E-state index >= 15 is 0 Å². The number of rotatable bonds is 6. The van der Waals surface area contributed by atoms with E-state index < -0.39 is 27.0 Å². The summed E-state index contributed by atoms with van der Waals surface area (Å²) in [5.74, 6) is -0.480. The van der Waals surface area contributed by atoms with Crippen molar-refractivity contribution in [2.24, 2.45) is 13.0 Å². The molecule has 1 saturated heterocycles. The smallest absolute Gasteiger partial charge is 0.181 e. The second kappa shape index (κ2) is 8.89. The molecule has 32 heavy (non-hydrogen) atoms. The monoisotopic (exact) mass is 449 g/mol. The van der Waals surface area contributed by atoms with Crippen molar-refractivity contribution < 1.29 is 13.2 Å². The first-order valence-electron chi connectivity index (χ1n) is 10.8. The first-order chi connectivity index (χ1) is 15.3. The van der Waals surface area contributed by atoms with Gasteiger partial charge in [0.15, 0.2) is 15.6 Å². The molecule has 2 heterocycles. The van der Waals surface area contributed by atoms with Crippen LogP contribution in [0.25, 0.3) is 10.9 Å². The SMILES string of the molecule is CN1CC[C@@H](S(=O)(=O)c2ccccc2)[C@H](CCC(=O)c2cc3ccccc3n2C)[C@@H]1C#N. The number of aromatic nitrogens is 1. The fourth-order valence-corrected chi connectivity index (χ4v) is 6.95. The topological polar surface area (TPSA) is 83.2 Å². The average Bonchev–Trinajstić information content (AvgIpc) is 3.14. The molecule has 1 aliphatic heterocycles. The van der Waals surface area contributed by atoms with Crippen molar-refractivity contribution in [3.8, 4) is 6.07 Å². The standard InChI is InChI=1S/C25H27N3O3S/c1-27-15-14-25(32(30,31)19-9-4-3-5-10-19)20(23(27)17-26)12-13-24(29)22-16-18-8-6-7-11-21(18)28(22)2/h3-11,16,20,23,25H,12-15H2,1-2H3/t20-,23+,25-/m1/s1. The van der Waals surface area contributed by atoms with Crippen LogP contribution >= 0.6 is 0 Å². The molecule has 166 valence electrons. The van der Waals surface area contributed by atoms with E-state index in [0.29, 0.717) is 25.1 Å². The third-order valence-electron chi connectivity index (χ3n) is 6.67. The van der Waals surface area contributed by atoms with E-state index in [0.717, 1.165) is 10.9 Å². The van der Waals surface area contributed by atoms with E-state index in [1.54, 1.807) is 30.3 Å². The molecule has 1 fully saturated rings. The van der Waals surface area contributed by atoms with Crippen LogP contribution in [0.2, 0.25) is 0 Å². The molecule has 0 radical (unpaired) electrons. The lowest BCUT2D eigenvalue weighted by Crippen LogP contribution is -2.51. The van der Waals surface area contributed by atoms with Crippen LogP contribution in [0.4, 0.5) is 0 Å². The highest BCUT2D eigenvalue weighted by atomic mass is 32.2. The third kappa shape index (κ3) is 3.96. The van der Waals surface area contributed by atoms with Crippen LogP contribution < -0.4 is 0 Å². The van der Waals surface area contributed by atoms with Gasteiger partial charge in [-0.05, 0) is 44.2 Å². The molecule has 2 aromatic carbocycles. The van der Waals surface area contributed by atoms with Crippen molar-refractivity contribution in [3.63, 3.8) is 0 Å². The minimum Gasteiger partial charge on any atom is -0.341 e. The molecule has 4 rings (SSSR count). The fourth-order valence-electron chi connectivity index (χ4n) is 4.90. The summed E-state index contributed by atoms with van der Waals surface area (Å²) in [5, 5.41) is 10.1. The number of sulfone groups is 1. The quantitative estimate of drug-likeness (QED) is 0.534. The van der Waals surface area contributed by atoms with E-state index in [4.69, 9.17) is 0 Å². The number of nitrogens with zero attached hydrogens (tertiary/aromatic N) is 3. The molecule has 3 aromatic rings. The molecule has 6 nitrogen and oxygen atoms in total. The number of carbonyl (C=O) groups is 1. The molecule has 0 bridgehead atoms. The van der Waals surface area contributed by atoms with Gasteiger partial charge in [-0.3, -0.25) is 9.69 Å². The number of para-hydroxylation sites is 1. The summed E-state index contributed by atoms with van der Waals surface area (Å²) in [5.41, 5.74) is 1.58. The zero-order valence-electron chi connectivity index (χ0n) is 18.3. The Morgan fingerprint density at radius 2 is 1.78 bits per heavy atom. The van der Waals surface area contributed by atoms with Gasteiger partial charge < -0.3 is 4.57 Å². The largest absolute Gasteiger partial charge is 0.341 e. The number of aryl methyl sites for hydroxylation is 1. The Bertz CT molecular complexity index is 1270. The summed E-state index contributed by atoms with van der Waals surface area (Å²) in [4.78, 5) is 15.3. The van der Waals surface area contributed by atoms with E-state index in [1.807, 2.05) is 53.9 Å². The molecule has 0 spiro atoms. The number of fused-ring (bicyclic) bond motifs is 1. The van der Waals surface area contributed by atoms with Crippen LogP contribution in [0.15, 0.2) is 65.6 Å². The van der Waals surface area contributed by atoms with Crippen LogP contribution in [0.3, 0.4) is 0 Å². The summed E-state index contributed by atoms with van der Waals surface area (Å²) in [6, 6.07) is 19.9. The van der Waals surface area contributed by atoms with Crippen LogP contribution in [-0.2, 0) is 16.9 Å². The molecule has 0 N–H and O–H groups in total. The lowest BCUT2D eigenvalue weighted by Gasteiger charge is -2.40. The lowest BCUT2D eigenvalue weighted by atomic mass is 9.85. The lowest BCUT2D eigenvalue weighted by molar-refractivity contribution is 0.0943. The van der Waals surface area contributed by atoms with Crippen LogP contribution in [0.5, 0.6) is 0 Å². The van der Waals surface area contributed by atoms with Gasteiger partial charge >= 0.3 is 0 Å². The molecule has 0 unspecified atom stereocenters. The molecule has 0 amide bonds. The van der Waals surface area contributed by atoms with Gasteiger partial charge in [-0.25, -0.2) is 8.42 Å². The number of carbonyl (C=O) groups excluding carboxylic acids is 1. The second-order valence-electron chi connectivity index (χ2n) is 8.51. The van der Waals surface area contributed by atoms with Crippen molar-refractivity contribution in [2.75, 3.05) is 13.6 Å². The predicted octanol–water partition coefficient (Wildman–Crippen LogP) is 3.83. The Kier molecular flexibility index (Phi) is 6.18. The third-order valence-corrected chi connectivity index (χ3v) is 8.98. The molecular formula is C25H27N3O3S. The summed E-state index contributed by atoms with van der Waals surface area (Å²) in [7, 11) is 0.0979. The maximum atomic E-state index is 13.4. The zero-order valence-corrected chi connectivity index (χ0v) is 19.1. The Labute approximate surface area is 189 Å². The summed E-state index contributed by atoms with van der Waals surface area (Å²) in [6.45, 7) is 0.530. The van der Waals surface area contributed by atoms with Gasteiger partial charge in [-0.15, -0.1) is 0 Å². The van der Waals surface area contributed by atoms with Crippen LogP contribution in [0, 0.1) is 17.2 Å². The van der Waals surface area contributed by atoms with Crippen molar-refractivity contribution in [3.05, 3.63) is 66.4 Å². The van der Waals surface area contributed by atoms with Crippen molar-refractivity contribution in [1.29, 1.82) is 5.26 Å². The van der Waals surface area contributed by atoms with Crippen molar-refractivity contribution in [1.82, 2.24) is 9.47 Å². The number of piperidine rings is 1. The maximum absolute atomic E-state index is 13.4. The number of hydrogen-bond donors (Lipinski definition) is 0. The van der Waals surface area contributed by atoms with Gasteiger partial charge in [0, 0.05) is 36.8 Å². The Balaban J connectivity index is 1.61. The van der Waals surface area contributed by atoms with Crippen molar-refractivity contribution in [2.45, 2.75) is 35.4 Å². The number of likely N-dealkylation sites (tertiary alicyclic amines) is 1. The molecule has 1 aliphatic rings. The van der Waals surface area contributed by atoms with E-state index in [-0.39, 0.29) is 17.1 Å². The van der Waals surface area contributed by atoms with Gasteiger partial charge in [0.05, 0.1) is 21.9 Å². The first-order valence-corrected chi connectivity index (χ1v) is 12.4. The van der Waals surface area contributed by atoms with Gasteiger partial charge in [-0.2, -0.15) is 5.26 Å². The number of nitriles is 1. The fraction of sp³-hybridized carbons (Fsp3) is 0.360. The number of Topliss-reactive ketones (excluding diaryl/α,β-unsaturated/α-hetero) is 1. The molecule has 0 saturated carbocycles. The van der Waals surface area contributed by atoms with E-state index in [2.05, 4.69) is 6.07 Å². The highest BCUT2D eigenvalue weighted by molar-refractivity contribution is 7.92. The molecular weight excluding hydrogens is 422 g/mol. The summed E-state index contributed by atoms with van der Waals surface area (Å²) < 4.78 is 28.7. The highest BCUT2D eigenvalue weighted by Crippen LogP contribution is 2.35. The number of benzene rings is 2. The zero-order chi connectivity index (χ0) is 22.9. The molecule has 3 atom stereocenters. The van der Waals surface area contributed by atoms with Gasteiger partial charge in [0.25, 0.3) is 0 Å². The van der Waals surface area contributed by atoms with E-state index in [1.165, 1.54) is 0 Å². The normalized spacial score (nSPS) is 22.0. The first kappa shape index (κ1) is 22.3. The Hall–Kier alpha value is -2.95. The van der Waals surface area contributed by atoms with Crippen molar-refractivity contribution >= 4 is 26.5 Å².